The number of ether oxygens (including phenoxy) is 1. The molecule has 0 bridgehead atoms. The Morgan fingerprint density at radius 3 is 2.28 bits per heavy atom. The van der Waals surface area contributed by atoms with Crippen molar-refractivity contribution in [3.63, 3.8) is 0 Å². The third-order valence-corrected chi connectivity index (χ3v) is 7.10. The van der Waals surface area contributed by atoms with Gasteiger partial charge in [0.1, 0.15) is 11.6 Å². The molecule has 0 aliphatic rings. The molecule has 0 aliphatic carbocycles. The van der Waals surface area contributed by atoms with Gasteiger partial charge in [0.15, 0.2) is 15.9 Å². The molecule has 0 spiro atoms. The lowest BCUT2D eigenvalue weighted by molar-refractivity contribution is -0.123. The smallest absolute Gasteiger partial charge is 0.413 e. The van der Waals surface area contributed by atoms with Crippen LogP contribution in [-0.2, 0) is 14.6 Å². The van der Waals surface area contributed by atoms with Gasteiger partial charge >= 0.3 is 6.09 Å². The van der Waals surface area contributed by atoms with Gasteiger partial charge in [0, 0.05) is 29.1 Å². The highest BCUT2D eigenvalue weighted by Crippen LogP contribution is 2.28. The molecule has 9 nitrogen and oxygen atoms in total. The topological polar surface area (TPSA) is 137 Å². The fraction of sp³-hybridized carbons (Fsp3) is 0.276. The first-order chi connectivity index (χ1) is 18.4. The molecule has 10 heteroatoms. The first kappa shape index (κ1) is 29.4. The predicted molar refractivity (Wildman–Crippen MR) is 151 cm³/mol. The van der Waals surface area contributed by atoms with Gasteiger partial charge in [-0.3, -0.25) is 15.1 Å². The third kappa shape index (κ3) is 7.44. The molecular weight excluding hydrogens is 518 g/mol. The summed E-state index contributed by atoms with van der Waals surface area (Å²) < 4.78 is 30.3. The number of carboxylic acid groups (broad SMARTS) is 1. The summed E-state index contributed by atoms with van der Waals surface area (Å²) in [4.78, 5) is 25.9. The molecule has 206 valence electrons. The van der Waals surface area contributed by atoms with Gasteiger partial charge in [-0.15, -0.1) is 0 Å². The van der Waals surface area contributed by atoms with E-state index in [1.807, 2.05) is 6.92 Å². The van der Waals surface area contributed by atoms with E-state index in [0.29, 0.717) is 41.0 Å². The normalized spacial score (nSPS) is 12.0. The molecule has 3 N–H and O–H groups in total. The van der Waals surface area contributed by atoms with E-state index in [9.17, 15) is 23.1 Å². The maximum atomic E-state index is 13.1. The first-order valence-electron chi connectivity index (χ1n) is 12.5. The number of nitrogens with zero attached hydrogens (tertiary/aromatic N) is 1. The maximum Gasteiger partial charge on any atom is 0.413 e. The van der Waals surface area contributed by atoms with Gasteiger partial charge < -0.3 is 15.2 Å². The second kappa shape index (κ2) is 12.6. The summed E-state index contributed by atoms with van der Waals surface area (Å²) in [5.74, 6) is -0.208. The van der Waals surface area contributed by atoms with Crippen LogP contribution < -0.4 is 10.1 Å². The Morgan fingerprint density at radius 2 is 1.69 bits per heavy atom. The van der Waals surface area contributed by atoms with Crippen LogP contribution in [0.5, 0.6) is 5.75 Å². The number of amides is 2. The zero-order chi connectivity index (χ0) is 28.7. The molecule has 0 radical (unpaired) electrons. The minimum atomic E-state index is -3.41. The van der Waals surface area contributed by atoms with Crippen LogP contribution in [0, 0.1) is 5.41 Å². The Bertz CT molecular complexity index is 1450. The predicted octanol–water partition coefficient (Wildman–Crippen LogP) is 5.66. The van der Waals surface area contributed by atoms with Crippen molar-refractivity contribution in [3.8, 4) is 16.9 Å². The average molecular weight is 552 g/mol. The van der Waals surface area contributed by atoms with Crippen molar-refractivity contribution < 1.29 is 27.9 Å². The molecule has 0 fully saturated rings. The van der Waals surface area contributed by atoms with Crippen molar-refractivity contribution in [1.82, 2.24) is 4.90 Å². The summed E-state index contributed by atoms with van der Waals surface area (Å²) in [5.41, 5.74) is 2.15. The molecule has 1 atom stereocenters. The van der Waals surface area contributed by atoms with Gasteiger partial charge in [-0.25, -0.2) is 13.2 Å². The summed E-state index contributed by atoms with van der Waals surface area (Å²) in [6.45, 7) is 5.29. The van der Waals surface area contributed by atoms with Gasteiger partial charge in [-0.1, -0.05) is 55.8 Å². The zero-order valence-electron chi connectivity index (χ0n) is 22.3. The number of sulfone groups is 1. The van der Waals surface area contributed by atoms with Crippen LogP contribution in [0.15, 0.2) is 77.7 Å². The number of hydrogen-bond acceptors (Lipinski definition) is 6. The number of benzene rings is 3. The molecule has 3 aromatic carbocycles. The number of anilines is 1. The van der Waals surface area contributed by atoms with Crippen LogP contribution in [0.3, 0.4) is 0 Å². The Balaban J connectivity index is 1.77. The number of nitrogens with one attached hydrogen (secondary N) is 2. The van der Waals surface area contributed by atoms with Crippen molar-refractivity contribution in [3.05, 3.63) is 78.4 Å². The van der Waals surface area contributed by atoms with E-state index in [2.05, 4.69) is 5.32 Å². The molecule has 0 saturated carbocycles. The summed E-state index contributed by atoms with van der Waals surface area (Å²) in [6, 6.07) is 19.7. The molecule has 0 saturated heterocycles. The minimum Gasteiger partial charge on any atom is -0.481 e. The van der Waals surface area contributed by atoms with Gasteiger partial charge in [-0.05, 0) is 56.2 Å². The second-order valence-electron chi connectivity index (χ2n) is 9.35. The fourth-order valence-electron chi connectivity index (χ4n) is 4.08. The molecule has 1 unspecified atom stereocenters. The van der Waals surface area contributed by atoms with E-state index < -0.39 is 28.1 Å². The largest absolute Gasteiger partial charge is 0.481 e. The third-order valence-electron chi connectivity index (χ3n) is 5.94. The van der Waals surface area contributed by atoms with Crippen molar-refractivity contribution in [2.24, 2.45) is 0 Å². The highest BCUT2D eigenvalue weighted by atomic mass is 32.2. The Hall–Kier alpha value is -4.18. The minimum absolute atomic E-state index is 0.183. The SMILES string of the molecule is CCCC(Oc1cccc(C(=N)N(C(=O)O)C(C)C)c1)C(=O)Nc1ccc(-c2ccccc2S(C)(=O)=O)cc1. The summed E-state index contributed by atoms with van der Waals surface area (Å²) in [6.07, 6.45) is 0.218. The van der Waals surface area contributed by atoms with Gasteiger partial charge in [0.05, 0.1) is 4.90 Å². The van der Waals surface area contributed by atoms with E-state index in [1.54, 1.807) is 86.6 Å². The lowest BCUT2D eigenvalue weighted by Crippen LogP contribution is -2.41. The molecule has 0 aromatic heterocycles. The highest BCUT2D eigenvalue weighted by molar-refractivity contribution is 7.90. The van der Waals surface area contributed by atoms with E-state index in [-0.39, 0.29) is 16.6 Å². The first-order valence-corrected chi connectivity index (χ1v) is 14.4. The highest BCUT2D eigenvalue weighted by Gasteiger charge is 2.24. The monoisotopic (exact) mass is 551 g/mol. The molecule has 3 rings (SSSR count). The van der Waals surface area contributed by atoms with E-state index in [4.69, 9.17) is 10.1 Å². The maximum absolute atomic E-state index is 13.1. The summed E-state index contributed by atoms with van der Waals surface area (Å²) >= 11 is 0. The van der Waals surface area contributed by atoms with Crippen molar-refractivity contribution >= 4 is 33.4 Å². The van der Waals surface area contributed by atoms with Gasteiger partial charge in [-0.2, -0.15) is 0 Å². The number of rotatable bonds is 10. The summed E-state index contributed by atoms with van der Waals surface area (Å²) in [5, 5.41) is 20.7. The van der Waals surface area contributed by atoms with Crippen LogP contribution in [0.4, 0.5) is 10.5 Å². The molecule has 0 aliphatic heterocycles. The average Bonchev–Trinajstić information content (AvgIpc) is 2.88. The van der Waals surface area contributed by atoms with Crippen LogP contribution in [-0.4, -0.2) is 54.7 Å². The quantitative estimate of drug-likeness (QED) is 0.220. The van der Waals surface area contributed by atoms with Crippen molar-refractivity contribution in [2.75, 3.05) is 11.6 Å². The number of carbonyl (C=O) groups excluding carboxylic acids is 1. The number of amidine groups is 1. The fourth-order valence-corrected chi connectivity index (χ4v) is 5.00. The van der Waals surface area contributed by atoms with Crippen molar-refractivity contribution in [2.45, 2.75) is 50.7 Å². The standard InChI is InChI=1S/C29H33N3O6S/c1-5-9-25(38-23-11-8-10-21(18-23)27(30)32(19(2)3)29(34)35)28(33)31-22-16-14-20(15-17-22)24-12-6-7-13-26(24)39(4,36)37/h6-8,10-19,25,30H,5,9H2,1-4H3,(H,31,33)(H,34,35). The Kier molecular flexibility index (Phi) is 9.47. The van der Waals surface area contributed by atoms with Gasteiger partial charge in [0.2, 0.25) is 0 Å². The Morgan fingerprint density at radius 1 is 1.03 bits per heavy atom. The molecule has 2 amide bonds. The van der Waals surface area contributed by atoms with E-state index >= 15 is 0 Å². The molecule has 39 heavy (non-hydrogen) atoms. The van der Waals surface area contributed by atoms with Crippen LogP contribution >= 0.6 is 0 Å². The second-order valence-corrected chi connectivity index (χ2v) is 11.3. The zero-order valence-corrected chi connectivity index (χ0v) is 23.2. The van der Waals surface area contributed by atoms with Crippen LogP contribution in [0.2, 0.25) is 0 Å². The number of hydrogen-bond donors (Lipinski definition) is 3. The molecular formula is C29H33N3O6S. The van der Waals surface area contributed by atoms with Gasteiger partial charge in [0.25, 0.3) is 5.91 Å². The van der Waals surface area contributed by atoms with Crippen molar-refractivity contribution in [1.29, 1.82) is 5.41 Å². The number of carbonyl (C=O) groups is 2. The van der Waals surface area contributed by atoms with E-state index in [1.165, 1.54) is 6.26 Å². The summed E-state index contributed by atoms with van der Waals surface area (Å²) in [7, 11) is -3.41. The lowest BCUT2D eigenvalue weighted by atomic mass is 10.1. The lowest BCUT2D eigenvalue weighted by Gasteiger charge is -2.24. The molecule has 3 aromatic rings. The van der Waals surface area contributed by atoms with Crippen LogP contribution in [0.25, 0.3) is 11.1 Å². The van der Waals surface area contributed by atoms with E-state index in [0.717, 1.165) is 4.90 Å². The molecule has 0 heterocycles. The Labute approximate surface area is 228 Å². The van der Waals surface area contributed by atoms with Crippen LogP contribution in [0.1, 0.15) is 39.2 Å².